The first-order valence-corrected chi connectivity index (χ1v) is 6.38. The number of carboxylic acid groups (broad SMARTS) is 1. The van der Waals surface area contributed by atoms with Gasteiger partial charge in [0.1, 0.15) is 12.4 Å². The summed E-state index contributed by atoms with van der Waals surface area (Å²) in [5, 5.41) is 11.8. The molecule has 20 heavy (non-hydrogen) atoms. The van der Waals surface area contributed by atoms with E-state index in [9.17, 15) is 9.59 Å². The molecule has 1 aromatic heterocycles. The highest BCUT2D eigenvalue weighted by atomic mass is 16.4. The second-order valence-electron chi connectivity index (χ2n) is 4.98. The Labute approximate surface area is 116 Å². The number of amides is 1. The number of carbonyl (C=O) groups excluding carboxylic acids is 1. The zero-order chi connectivity index (χ0) is 14.9. The van der Waals surface area contributed by atoms with Crippen LogP contribution in [0.1, 0.15) is 30.0 Å². The summed E-state index contributed by atoms with van der Waals surface area (Å²) >= 11 is 0. The zero-order valence-electron chi connectivity index (χ0n) is 11.7. The quantitative estimate of drug-likeness (QED) is 0.887. The highest BCUT2D eigenvalue weighted by Gasteiger charge is 2.13. The number of aromatic nitrogens is 2. The average molecular weight is 275 g/mol. The lowest BCUT2D eigenvalue weighted by Gasteiger charge is -2.10. The van der Waals surface area contributed by atoms with Gasteiger partial charge in [0.15, 0.2) is 0 Å². The number of hydrogen-bond donors (Lipinski definition) is 2. The number of fused-ring (bicyclic) bond motifs is 1. The van der Waals surface area contributed by atoms with Gasteiger partial charge in [-0.15, -0.1) is 0 Å². The van der Waals surface area contributed by atoms with Crippen LogP contribution in [0.2, 0.25) is 0 Å². The molecule has 1 amide bonds. The summed E-state index contributed by atoms with van der Waals surface area (Å²) in [4.78, 5) is 27.1. The number of carboxylic acids is 1. The Balaban J connectivity index is 2.36. The molecule has 0 radical (unpaired) electrons. The van der Waals surface area contributed by atoms with E-state index >= 15 is 0 Å². The minimum absolute atomic E-state index is 0.0798. The van der Waals surface area contributed by atoms with Gasteiger partial charge in [-0.1, -0.05) is 0 Å². The van der Waals surface area contributed by atoms with E-state index in [4.69, 9.17) is 5.11 Å². The normalized spacial score (nSPS) is 11.0. The number of imidazole rings is 1. The molecule has 0 bridgehead atoms. The molecule has 2 rings (SSSR count). The van der Waals surface area contributed by atoms with Crippen LogP contribution < -0.4 is 5.32 Å². The van der Waals surface area contributed by atoms with E-state index in [1.54, 1.807) is 17.6 Å². The fourth-order valence-electron chi connectivity index (χ4n) is 2.09. The molecule has 106 valence electrons. The number of aromatic carboxylic acids is 1. The van der Waals surface area contributed by atoms with Gasteiger partial charge >= 0.3 is 5.97 Å². The standard InChI is InChI=1S/C14H17N3O3/c1-8(2)15-13(18)7-17-9(3)16-11-6-10(14(19)20)4-5-12(11)17/h4-6,8H,7H2,1-3H3,(H,15,18)(H,19,20). The van der Waals surface area contributed by atoms with Crippen molar-refractivity contribution in [2.45, 2.75) is 33.4 Å². The van der Waals surface area contributed by atoms with E-state index in [1.807, 2.05) is 13.8 Å². The van der Waals surface area contributed by atoms with Crippen molar-refractivity contribution in [3.8, 4) is 0 Å². The minimum Gasteiger partial charge on any atom is -0.478 e. The van der Waals surface area contributed by atoms with Gasteiger partial charge in [0.25, 0.3) is 0 Å². The predicted molar refractivity (Wildman–Crippen MR) is 74.7 cm³/mol. The van der Waals surface area contributed by atoms with Crippen molar-refractivity contribution in [2.24, 2.45) is 0 Å². The van der Waals surface area contributed by atoms with E-state index in [0.29, 0.717) is 11.3 Å². The Kier molecular flexibility index (Phi) is 3.74. The van der Waals surface area contributed by atoms with Crippen LogP contribution >= 0.6 is 0 Å². The maximum absolute atomic E-state index is 11.8. The van der Waals surface area contributed by atoms with Gasteiger partial charge < -0.3 is 15.0 Å². The molecule has 0 spiro atoms. The van der Waals surface area contributed by atoms with Gasteiger partial charge in [0.2, 0.25) is 5.91 Å². The summed E-state index contributed by atoms with van der Waals surface area (Å²) in [5.74, 6) is -0.400. The summed E-state index contributed by atoms with van der Waals surface area (Å²) in [5.41, 5.74) is 1.53. The Morgan fingerprint density at radius 3 is 2.70 bits per heavy atom. The third kappa shape index (κ3) is 2.79. The number of rotatable bonds is 4. The van der Waals surface area contributed by atoms with Crippen molar-refractivity contribution < 1.29 is 14.7 Å². The molecule has 0 aliphatic carbocycles. The van der Waals surface area contributed by atoms with Crippen molar-refractivity contribution in [1.29, 1.82) is 0 Å². The van der Waals surface area contributed by atoms with E-state index in [-0.39, 0.29) is 24.1 Å². The Morgan fingerprint density at radius 2 is 2.10 bits per heavy atom. The lowest BCUT2D eigenvalue weighted by molar-refractivity contribution is -0.122. The van der Waals surface area contributed by atoms with Gasteiger partial charge in [-0.05, 0) is 39.0 Å². The van der Waals surface area contributed by atoms with Crippen LogP contribution in [-0.2, 0) is 11.3 Å². The second kappa shape index (κ2) is 5.32. The molecule has 0 atom stereocenters. The first kappa shape index (κ1) is 14.0. The molecule has 0 fully saturated rings. The van der Waals surface area contributed by atoms with Gasteiger partial charge in [0, 0.05) is 6.04 Å². The van der Waals surface area contributed by atoms with Gasteiger partial charge in [-0.2, -0.15) is 0 Å². The zero-order valence-corrected chi connectivity index (χ0v) is 11.7. The Morgan fingerprint density at radius 1 is 1.40 bits per heavy atom. The van der Waals surface area contributed by atoms with Crippen LogP contribution in [0.3, 0.4) is 0 Å². The van der Waals surface area contributed by atoms with Gasteiger partial charge in [-0.25, -0.2) is 9.78 Å². The van der Waals surface area contributed by atoms with E-state index in [2.05, 4.69) is 10.3 Å². The van der Waals surface area contributed by atoms with Crippen molar-refractivity contribution >= 4 is 22.9 Å². The second-order valence-corrected chi connectivity index (χ2v) is 4.98. The number of nitrogens with one attached hydrogen (secondary N) is 1. The highest BCUT2D eigenvalue weighted by molar-refractivity contribution is 5.92. The summed E-state index contributed by atoms with van der Waals surface area (Å²) in [6.07, 6.45) is 0. The van der Waals surface area contributed by atoms with Crippen LogP contribution in [0, 0.1) is 6.92 Å². The molecule has 0 aliphatic heterocycles. The van der Waals surface area contributed by atoms with Crippen LogP contribution in [0.4, 0.5) is 0 Å². The van der Waals surface area contributed by atoms with Gasteiger partial charge in [-0.3, -0.25) is 4.79 Å². The monoisotopic (exact) mass is 275 g/mol. The SMILES string of the molecule is Cc1nc2cc(C(=O)O)ccc2n1CC(=O)NC(C)C. The molecule has 0 saturated carbocycles. The molecule has 2 aromatic rings. The number of aryl methyl sites for hydroxylation is 1. The fourth-order valence-corrected chi connectivity index (χ4v) is 2.09. The lowest BCUT2D eigenvalue weighted by Crippen LogP contribution is -2.33. The van der Waals surface area contributed by atoms with E-state index in [0.717, 1.165) is 5.52 Å². The molecule has 1 heterocycles. The molecule has 6 heteroatoms. The molecule has 2 N–H and O–H groups in total. The van der Waals surface area contributed by atoms with E-state index in [1.165, 1.54) is 12.1 Å². The van der Waals surface area contributed by atoms with Crippen molar-refractivity contribution in [3.05, 3.63) is 29.6 Å². The van der Waals surface area contributed by atoms with Crippen molar-refractivity contribution in [3.63, 3.8) is 0 Å². The smallest absolute Gasteiger partial charge is 0.335 e. The minimum atomic E-state index is -0.989. The summed E-state index contributed by atoms with van der Waals surface area (Å²) in [6, 6.07) is 4.79. The van der Waals surface area contributed by atoms with Crippen molar-refractivity contribution in [2.75, 3.05) is 0 Å². The van der Waals surface area contributed by atoms with E-state index < -0.39 is 5.97 Å². The van der Waals surface area contributed by atoms with Crippen LogP contribution in [0.15, 0.2) is 18.2 Å². The predicted octanol–water partition coefficient (Wildman–Crippen LogP) is 1.57. The number of benzene rings is 1. The maximum atomic E-state index is 11.8. The van der Waals surface area contributed by atoms with Crippen LogP contribution in [0.25, 0.3) is 11.0 Å². The average Bonchev–Trinajstić information content (AvgIpc) is 2.64. The number of carbonyl (C=O) groups is 2. The van der Waals surface area contributed by atoms with Crippen LogP contribution in [0.5, 0.6) is 0 Å². The molecule has 1 aromatic carbocycles. The first-order chi connectivity index (χ1) is 9.38. The third-order valence-electron chi connectivity index (χ3n) is 2.94. The Hall–Kier alpha value is -2.37. The van der Waals surface area contributed by atoms with Gasteiger partial charge in [0.05, 0.1) is 16.6 Å². The van der Waals surface area contributed by atoms with Crippen molar-refractivity contribution in [1.82, 2.24) is 14.9 Å². The molecular formula is C14H17N3O3. The highest BCUT2D eigenvalue weighted by Crippen LogP contribution is 2.17. The third-order valence-corrected chi connectivity index (χ3v) is 2.94. The molecule has 0 aliphatic rings. The molecular weight excluding hydrogens is 258 g/mol. The topological polar surface area (TPSA) is 84.2 Å². The largest absolute Gasteiger partial charge is 0.478 e. The molecule has 0 unspecified atom stereocenters. The number of hydrogen-bond acceptors (Lipinski definition) is 3. The fraction of sp³-hybridized carbons (Fsp3) is 0.357. The first-order valence-electron chi connectivity index (χ1n) is 6.38. The van der Waals surface area contributed by atoms with Crippen LogP contribution in [-0.4, -0.2) is 32.6 Å². The summed E-state index contributed by atoms with van der Waals surface area (Å²) < 4.78 is 1.78. The Bertz CT molecular complexity index is 674. The molecule has 6 nitrogen and oxygen atoms in total. The summed E-state index contributed by atoms with van der Waals surface area (Å²) in [6.45, 7) is 5.77. The maximum Gasteiger partial charge on any atom is 0.335 e. The summed E-state index contributed by atoms with van der Waals surface area (Å²) in [7, 11) is 0. The molecule has 0 saturated heterocycles. The lowest BCUT2D eigenvalue weighted by atomic mass is 10.2. The number of nitrogens with zero attached hydrogens (tertiary/aromatic N) is 2.